The number of piperidine rings is 1. The van der Waals surface area contributed by atoms with E-state index in [9.17, 15) is 4.79 Å². The minimum absolute atomic E-state index is 0.395. The van der Waals surface area contributed by atoms with Crippen molar-refractivity contribution in [3.63, 3.8) is 0 Å². The molecule has 0 bridgehead atoms. The second-order valence-corrected chi connectivity index (χ2v) is 8.31. The van der Waals surface area contributed by atoms with E-state index in [1.807, 2.05) is 24.5 Å². The van der Waals surface area contributed by atoms with Crippen molar-refractivity contribution < 1.29 is 9.53 Å². The Hall–Kier alpha value is -2.47. The first-order chi connectivity index (χ1) is 14.1. The third-order valence-electron chi connectivity index (χ3n) is 6.34. The van der Waals surface area contributed by atoms with Gasteiger partial charge in [-0.3, -0.25) is 4.79 Å². The Labute approximate surface area is 172 Å². The molecule has 2 heterocycles. The number of carbonyl (C=O) groups is 1. The molecule has 6 nitrogen and oxygen atoms in total. The Balaban J connectivity index is 1.17. The molecule has 1 aromatic carbocycles. The normalized spacial score (nSPS) is 21.9. The number of benzene rings is 1. The minimum Gasteiger partial charge on any atom is -0.376 e. The van der Waals surface area contributed by atoms with Gasteiger partial charge in [0, 0.05) is 31.0 Å². The Morgan fingerprint density at radius 2 is 1.83 bits per heavy atom. The Morgan fingerprint density at radius 1 is 1.14 bits per heavy atom. The first-order valence-corrected chi connectivity index (χ1v) is 10.7. The minimum atomic E-state index is -0.395. The van der Waals surface area contributed by atoms with Crippen LogP contribution >= 0.6 is 0 Å². The lowest BCUT2D eigenvalue weighted by atomic mass is 9.91. The number of nitrogens with zero attached hydrogens (tertiary/aromatic N) is 3. The summed E-state index contributed by atoms with van der Waals surface area (Å²) in [4.78, 5) is 22.5. The topological polar surface area (TPSA) is 81.3 Å². The van der Waals surface area contributed by atoms with Crippen molar-refractivity contribution in [1.29, 1.82) is 0 Å². The Morgan fingerprint density at radius 3 is 2.45 bits per heavy atom. The summed E-state index contributed by atoms with van der Waals surface area (Å²) < 4.78 is 5.93. The second-order valence-electron chi connectivity index (χ2n) is 8.31. The number of primary amides is 1. The highest BCUT2D eigenvalue weighted by Crippen LogP contribution is 2.48. The Bertz CT molecular complexity index is 814. The van der Waals surface area contributed by atoms with Gasteiger partial charge in [-0.1, -0.05) is 19.1 Å². The van der Waals surface area contributed by atoms with E-state index in [2.05, 4.69) is 21.8 Å². The van der Waals surface area contributed by atoms with Crippen LogP contribution in [0.5, 0.6) is 0 Å². The first-order valence-electron chi connectivity index (χ1n) is 10.7. The van der Waals surface area contributed by atoms with Gasteiger partial charge in [-0.2, -0.15) is 0 Å². The van der Waals surface area contributed by atoms with Crippen molar-refractivity contribution in [3.8, 4) is 0 Å². The summed E-state index contributed by atoms with van der Waals surface area (Å²) in [5.41, 5.74) is 8.07. The number of amides is 1. The fraction of sp³-hybridized carbons (Fsp3) is 0.522. The van der Waals surface area contributed by atoms with Gasteiger partial charge in [0.1, 0.15) is 0 Å². The average molecular weight is 395 g/mol. The molecule has 6 heteroatoms. The molecule has 29 heavy (non-hydrogen) atoms. The molecule has 1 aliphatic carbocycles. The predicted molar refractivity (Wildman–Crippen MR) is 113 cm³/mol. The van der Waals surface area contributed by atoms with Gasteiger partial charge in [-0.05, 0) is 66.7 Å². The number of nitrogens with two attached hydrogens (primary N) is 1. The van der Waals surface area contributed by atoms with E-state index >= 15 is 0 Å². The zero-order valence-corrected chi connectivity index (χ0v) is 17.1. The van der Waals surface area contributed by atoms with Crippen molar-refractivity contribution in [2.24, 2.45) is 23.5 Å². The first kappa shape index (κ1) is 19.8. The standard InChI is InChI=1S/C23H30N4O2/c1-2-16-12-25-23(26-13-16)27-9-7-18(8-10-27)21-11-20(21)15-29-14-17-3-5-19(6-4-17)22(24)28/h3-6,12-13,18,20-21H,2,7-11,14-15H2,1H3,(H2,24,28)/t20-,21+/m0/s1. The molecule has 2 atom stereocenters. The Kier molecular flexibility index (Phi) is 6.09. The molecule has 2 fully saturated rings. The second kappa shape index (κ2) is 8.91. The molecular formula is C23H30N4O2. The summed E-state index contributed by atoms with van der Waals surface area (Å²) in [6, 6.07) is 7.34. The number of carbonyl (C=O) groups excluding carboxylic acids is 1. The fourth-order valence-corrected chi connectivity index (χ4v) is 4.35. The van der Waals surface area contributed by atoms with Gasteiger partial charge in [0.25, 0.3) is 0 Å². The quantitative estimate of drug-likeness (QED) is 0.743. The fourth-order valence-electron chi connectivity index (χ4n) is 4.35. The molecule has 1 amide bonds. The largest absolute Gasteiger partial charge is 0.376 e. The van der Waals surface area contributed by atoms with Crippen molar-refractivity contribution in [3.05, 3.63) is 53.3 Å². The zero-order valence-electron chi connectivity index (χ0n) is 17.1. The van der Waals surface area contributed by atoms with Gasteiger partial charge in [0.15, 0.2) is 0 Å². The third kappa shape index (κ3) is 4.93. The van der Waals surface area contributed by atoms with E-state index in [-0.39, 0.29) is 0 Å². The molecule has 4 rings (SSSR count). The van der Waals surface area contributed by atoms with E-state index in [0.717, 1.165) is 49.5 Å². The molecule has 1 saturated heterocycles. The SMILES string of the molecule is CCc1cnc(N2CCC([C@H]3C[C@H]3COCc3ccc(C(N)=O)cc3)CC2)nc1. The van der Waals surface area contributed by atoms with Crippen molar-refractivity contribution in [1.82, 2.24) is 9.97 Å². The molecule has 2 aliphatic rings. The molecule has 0 radical (unpaired) electrons. The van der Waals surface area contributed by atoms with Gasteiger partial charge in [-0.15, -0.1) is 0 Å². The summed E-state index contributed by atoms with van der Waals surface area (Å²) in [6.07, 6.45) is 8.59. The van der Waals surface area contributed by atoms with Gasteiger partial charge in [0.2, 0.25) is 11.9 Å². The molecular weight excluding hydrogens is 364 g/mol. The third-order valence-corrected chi connectivity index (χ3v) is 6.34. The summed E-state index contributed by atoms with van der Waals surface area (Å²) >= 11 is 0. The zero-order chi connectivity index (χ0) is 20.2. The average Bonchev–Trinajstić information content (AvgIpc) is 3.54. The summed E-state index contributed by atoms with van der Waals surface area (Å²) in [7, 11) is 0. The van der Waals surface area contributed by atoms with Gasteiger partial charge in [0.05, 0.1) is 13.2 Å². The lowest BCUT2D eigenvalue weighted by Gasteiger charge is -2.32. The van der Waals surface area contributed by atoms with Crippen LogP contribution in [0.2, 0.25) is 0 Å². The molecule has 2 aromatic rings. The van der Waals surface area contributed by atoms with Gasteiger partial charge >= 0.3 is 0 Å². The van der Waals surface area contributed by atoms with E-state index in [0.29, 0.717) is 18.1 Å². The molecule has 2 N–H and O–H groups in total. The lowest BCUT2D eigenvalue weighted by molar-refractivity contribution is 0.0998. The van der Waals surface area contributed by atoms with Crippen LogP contribution in [-0.4, -0.2) is 35.6 Å². The van der Waals surface area contributed by atoms with E-state index in [1.54, 1.807) is 12.1 Å². The summed E-state index contributed by atoms with van der Waals surface area (Å²) in [5, 5.41) is 0. The number of hydrogen-bond acceptors (Lipinski definition) is 5. The number of rotatable bonds is 8. The van der Waals surface area contributed by atoms with Crippen molar-refractivity contribution in [2.45, 2.75) is 39.2 Å². The molecule has 0 spiro atoms. The van der Waals surface area contributed by atoms with Crippen molar-refractivity contribution >= 4 is 11.9 Å². The number of aromatic nitrogens is 2. The predicted octanol–water partition coefficient (Wildman–Crippen LogP) is 3.21. The number of anilines is 1. The number of aryl methyl sites for hydroxylation is 1. The lowest BCUT2D eigenvalue weighted by Crippen LogP contribution is -2.35. The molecule has 1 aromatic heterocycles. The molecule has 0 unspecified atom stereocenters. The smallest absolute Gasteiger partial charge is 0.248 e. The van der Waals surface area contributed by atoms with Crippen LogP contribution in [0.25, 0.3) is 0 Å². The van der Waals surface area contributed by atoms with E-state index in [1.165, 1.54) is 24.8 Å². The van der Waals surface area contributed by atoms with Gasteiger partial charge < -0.3 is 15.4 Å². The van der Waals surface area contributed by atoms with Crippen LogP contribution in [0.15, 0.2) is 36.7 Å². The summed E-state index contributed by atoms with van der Waals surface area (Å²) in [5.74, 6) is 2.77. The van der Waals surface area contributed by atoms with Crippen LogP contribution < -0.4 is 10.6 Å². The van der Waals surface area contributed by atoms with Gasteiger partial charge in [-0.25, -0.2) is 9.97 Å². The number of hydrogen-bond donors (Lipinski definition) is 1. The van der Waals surface area contributed by atoms with E-state index < -0.39 is 5.91 Å². The highest BCUT2D eigenvalue weighted by atomic mass is 16.5. The molecule has 1 aliphatic heterocycles. The highest BCUT2D eigenvalue weighted by Gasteiger charge is 2.43. The maximum atomic E-state index is 11.1. The maximum absolute atomic E-state index is 11.1. The van der Waals surface area contributed by atoms with Crippen LogP contribution in [0.3, 0.4) is 0 Å². The van der Waals surface area contributed by atoms with Crippen LogP contribution in [0.1, 0.15) is 47.7 Å². The van der Waals surface area contributed by atoms with E-state index in [4.69, 9.17) is 10.5 Å². The number of ether oxygens (including phenoxy) is 1. The summed E-state index contributed by atoms with van der Waals surface area (Å²) in [6.45, 7) is 5.63. The van der Waals surface area contributed by atoms with Crippen LogP contribution in [-0.2, 0) is 17.8 Å². The highest BCUT2D eigenvalue weighted by molar-refractivity contribution is 5.92. The van der Waals surface area contributed by atoms with Crippen LogP contribution in [0, 0.1) is 17.8 Å². The monoisotopic (exact) mass is 394 g/mol. The van der Waals surface area contributed by atoms with Crippen molar-refractivity contribution in [2.75, 3.05) is 24.6 Å². The molecule has 1 saturated carbocycles. The molecule has 154 valence electrons. The van der Waals surface area contributed by atoms with Crippen LogP contribution in [0.4, 0.5) is 5.95 Å². The maximum Gasteiger partial charge on any atom is 0.248 e.